The molecule has 1 rings (SSSR count). The van der Waals surface area contributed by atoms with Crippen molar-refractivity contribution < 1.29 is 4.79 Å². The predicted octanol–water partition coefficient (Wildman–Crippen LogP) is 1.36. The van der Waals surface area contributed by atoms with E-state index in [1.54, 1.807) is 11.3 Å². The van der Waals surface area contributed by atoms with Crippen molar-refractivity contribution in [2.45, 2.75) is 20.4 Å². The molecule has 0 aliphatic rings. The van der Waals surface area contributed by atoms with Crippen molar-refractivity contribution in [3.63, 3.8) is 0 Å². The highest BCUT2D eigenvalue weighted by Gasteiger charge is 2.13. The molecule has 1 heterocycles. The molecular weight excluding hydrogens is 270 g/mol. The molecule has 0 aromatic carbocycles. The largest absolute Gasteiger partial charge is 0.342 e. The average Bonchev–Trinajstić information content (AvgIpc) is 2.85. The van der Waals surface area contributed by atoms with E-state index in [0.717, 1.165) is 24.5 Å². The van der Waals surface area contributed by atoms with Gasteiger partial charge in [-0.2, -0.15) is 0 Å². The Morgan fingerprint density at radius 2 is 2.05 bits per heavy atom. The highest BCUT2D eigenvalue weighted by atomic mass is 32.1. The van der Waals surface area contributed by atoms with Crippen LogP contribution in [0, 0.1) is 11.8 Å². The molecule has 0 unspecified atom stereocenters. The van der Waals surface area contributed by atoms with E-state index in [9.17, 15) is 4.79 Å². The summed E-state index contributed by atoms with van der Waals surface area (Å²) in [5, 5.41) is 0. The first-order chi connectivity index (χ1) is 9.60. The van der Waals surface area contributed by atoms with E-state index >= 15 is 0 Å². The van der Waals surface area contributed by atoms with Gasteiger partial charge in [0.2, 0.25) is 5.91 Å². The summed E-state index contributed by atoms with van der Waals surface area (Å²) in [5.41, 5.74) is 5.35. The third kappa shape index (κ3) is 5.33. The topological polar surface area (TPSA) is 49.6 Å². The molecular formula is C15H23N3OS. The van der Waals surface area contributed by atoms with Gasteiger partial charge < -0.3 is 10.6 Å². The lowest BCUT2D eigenvalue weighted by Crippen LogP contribution is -2.38. The summed E-state index contributed by atoms with van der Waals surface area (Å²) in [6.45, 7) is 7.13. The molecule has 0 saturated heterocycles. The van der Waals surface area contributed by atoms with Gasteiger partial charge >= 0.3 is 0 Å². The lowest BCUT2D eigenvalue weighted by Gasteiger charge is -2.22. The highest BCUT2D eigenvalue weighted by Crippen LogP contribution is 2.16. The maximum Gasteiger partial charge on any atom is 0.236 e. The van der Waals surface area contributed by atoms with Crippen LogP contribution in [0.15, 0.2) is 12.1 Å². The Morgan fingerprint density at radius 1 is 1.35 bits per heavy atom. The molecule has 2 N–H and O–H groups in total. The normalized spacial score (nSPS) is 10.2. The Kier molecular flexibility index (Phi) is 7.31. The molecule has 1 aromatic heterocycles. The molecule has 20 heavy (non-hydrogen) atoms. The SMILES string of the molecule is CCN(CC)C(=O)CN(C)Cc1ccc(C#CCN)s1. The molecule has 1 aromatic rings. The first-order valence-corrected chi connectivity index (χ1v) is 7.66. The van der Waals surface area contributed by atoms with Crippen LogP contribution in [0.1, 0.15) is 23.6 Å². The molecule has 0 bridgehead atoms. The van der Waals surface area contributed by atoms with Gasteiger partial charge in [-0.3, -0.25) is 9.69 Å². The van der Waals surface area contributed by atoms with Gasteiger partial charge in [-0.05, 0) is 33.0 Å². The number of amides is 1. The predicted molar refractivity (Wildman–Crippen MR) is 84.5 cm³/mol. The van der Waals surface area contributed by atoms with Gasteiger partial charge in [-0.25, -0.2) is 0 Å². The van der Waals surface area contributed by atoms with Gasteiger partial charge in [-0.15, -0.1) is 11.3 Å². The minimum absolute atomic E-state index is 0.178. The fourth-order valence-corrected chi connectivity index (χ4v) is 2.86. The Labute approximate surface area is 125 Å². The molecule has 0 aliphatic heterocycles. The zero-order valence-corrected chi connectivity index (χ0v) is 13.3. The third-order valence-corrected chi connectivity index (χ3v) is 3.91. The maximum atomic E-state index is 12.0. The molecule has 110 valence electrons. The van der Waals surface area contributed by atoms with Crippen molar-refractivity contribution in [2.75, 3.05) is 33.2 Å². The number of carbonyl (C=O) groups excluding carboxylic acids is 1. The van der Waals surface area contributed by atoms with Gasteiger partial charge in [0.05, 0.1) is 18.0 Å². The third-order valence-electron chi connectivity index (χ3n) is 2.92. The van der Waals surface area contributed by atoms with Crippen molar-refractivity contribution in [2.24, 2.45) is 5.73 Å². The molecule has 0 saturated carbocycles. The number of thiophene rings is 1. The zero-order chi connectivity index (χ0) is 15.0. The standard InChI is InChI=1S/C15H23N3OS/c1-4-18(5-2)15(19)12-17(3)11-14-9-8-13(20-14)7-6-10-16/h8-9H,4-5,10-12,16H2,1-3H3. The Morgan fingerprint density at radius 3 is 2.65 bits per heavy atom. The van der Waals surface area contributed by atoms with E-state index < -0.39 is 0 Å². The Bertz CT molecular complexity index is 483. The van der Waals surface area contributed by atoms with E-state index in [2.05, 4.69) is 17.9 Å². The Balaban J connectivity index is 2.51. The van der Waals surface area contributed by atoms with Gasteiger partial charge in [0.25, 0.3) is 0 Å². The molecule has 0 fully saturated rings. The summed E-state index contributed by atoms with van der Waals surface area (Å²) in [6, 6.07) is 4.06. The second-order valence-electron chi connectivity index (χ2n) is 4.51. The highest BCUT2D eigenvalue weighted by molar-refractivity contribution is 7.12. The summed E-state index contributed by atoms with van der Waals surface area (Å²) in [7, 11) is 1.96. The van der Waals surface area contributed by atoms with Crippen LogP contribution in [0.3, 0.4) is 0 Å². The summed E-state index contributed by atoms with van der Waals surface area (Å²) >= 11 is 1.65. The van der Waals surface area contributed by atoms with Crippen molar-refractivity contribution >= 4 is 17.2 Å². The van der Waals surface area contributed by atoms with Crippen LogP contribution < -0.4 is 5.73 Å². The minimum atomic E-state index is 0.178. The molecule has 5 heteroatoms. The van der Waals surface area contributed by atoms with E-state index in [0.29, 0.717) is 13.1 Å². The molecule has 0 radical (unpaired) electrons. The first kappa shape index (κ1) is 16.7. The fraction of sp³-hybridized carbons (Fsp3) is 0.533. The Hall–Kier alpha value is -1.35. The van der Waals surface area contributed by atoms with E-state index in [-0.39, 0.29) is 5.91 Å². The van der Waals surface area contributed by atoms with Gasteiger partial charge in [0, 0.05) is 24.5 Å². The van der Waals surface area contributed by atoms with Crippen LogP contribution in [0.5, 0.6) is 0 Å². The van der Waals surface area contributed by atoms with Crippen LogP contribution >= 0.6 is 11.3 Å². The number of likely N-dealkylation sites (N-methyl/N-ethyl adjacent to an activating group) is 2. The van der Waals surface area contributed by atoms with Crippen LogP contribution in [0.2, 0.25) is 0 Å². The van der Waals surface area contributed by atoms with Gasteiger partial charge in [0.1, 0.15) is 0 Å². The molecule has 0 atom stereocenters. The number of hydrogen-bond acceptors (Lipinski definition) is 4. The summed E-state index contributed by atoms with van der Waals surface area (Å²) < 4.78 is 0. The molecule has 0 aliphatic carbocycles. The van der Waals surface area contributed by atoms with Crippen molar-refractivity contribution in [3.05, 3.63) is 21.9 Å². The maximum absolute atomic E-state index is 12.0. The second-order valence-corrected chi connectivity index (χ2v) is 5.68. The zero-order valence-electron chi connectivity index (χ0n) is 12.5. The van der Waals surface area contributed by atoms with Crippen molar-refractivity contribution in [1.29, 1.82) is 0 Å². The number of nitrogens with zero attached hydrogens (tertiary/aromatic N) is 2. The number of carbonyl (C=O) groups is 1. The summed E-state index contributed by atoms with van der Waals surface area (Å²) in [5.74, 6) is 6.05. The number of hydrogen-bond donors (Lipinski definition) is 1. The van der Waals surface area contributed by atoms with Gasteiger partial charge in [0.15, 0.2) is 0 Å². The fourth-order valence-electron chi connectivity index (χ4n) is 1.90. The smallest absolute Gasteiger partial charge is 0.236 e. The lowest BCUT2D eigenvalue weighted by molar-refractivity contribution is -0.131. The molecule has 1 amide bonds. The van der Waals surface area contributed by atoms with E-state index in [4.69, 9.17) is 5.73 Å². The van der Waals surface area contributed by atoms with E-state index in [1.165, 1.54) is 4.88 Å². The number of nitrogens with two attached hydrogens (primary N) is 1. The first-order valence-electron chi connectivity index (χ1n) is 6.84. The minimum Gasteiger partial charge on any atom is -0.342 e. The quantitative estimate of drug-likeness (QED) is 0.806. The average molecular weight is 293 g/mol. The monoisotopic (exact) mass is 293 g/mol. The second kappa shape index (κ2) is 8.75. The lowest BCUT2D eigenvalue weighted by atomic mass is 10.3. The van der Waals surface area contributed by atoms with Gasteiger partial charge in [-0.1, -0.05) is 11.8 Å². The van der Waals surface area contributed by atoms with Crippen molar-refractivity contribution in [3.8, 4) is 11.8 Å². The molecule has 0 spiro atoms. The van der Waals surface area contributed by atoms with Crippen LogP contribution in [0.4, 0.5) is 0 Å². The van der Waals surface area contributed by atoms with Crippen LogP contribution in [-0.2, 0) is 11.3 Å². The molecule has 4 nitrogen and oxygen atoms in total. The van der Waals surface area contributed by atoms with Crippen LogP contribution in [0.25, 0.3) is 0 Å². The van der Waals surface area contributed by atoms with Crippen LogP contribution in [-0.4, -0.2) is 48.9 Å². The summed E-state index contributed by atoms with van der Waals surface area (Å²) in [6.07, 6.45) is 0. The van der Waals surface area contributed by atoms with E-state index in [1.807, 2.05) is 36.8 Å². The summed E-state index contributed by atoms with van der Waals surface area (Å²) in [4.78, 5) is 18.1. The number of rotatable bonds is 6. The van der Waals surface area contributed by atoms with Crippen molar-refractivity contribution in [1.82, 2.24) is 9.80 Å².